The number of methoxy groups -OCH3 is 1. The molecule has 1 aliphatic heterocycles. The third kappa shape index (κ3) is 4.28. The Morgan fingerprint density at radius 3 is 2.68 bits per heavy atom. The van der Waals surface area contributed by atoms with Gasteiger partial charge in [-0.2, -0.15) is 4.98 Å². The monoisotopic (exact) mass is 393 g/mol. The van der Waals surface area contributed by atoms with E-state index in [-0.39, 0.29) is 23.4 Å². The van der Waals surface area contributed by atoms with Crippen LogP contribution in [0, 0.1) is 5.82 Å². The van der Waals surface area contributed by atoms with Gasteiger partial charge in [-0.05, 0) is 38.0 Å². The molecule has 0 spiro atoms. The van der Waals surface area contributed by atoms with Gasteiger partial charge in [0.05, 0.1) is 18.8 Å². The maximum absolute atomic E-state index is 14.1. The average Bonchev–Trinajstić information content (AvgIpc) is 3.18. The number of carbonyl (C=O) groups is 2. The molecule has 3 rings (SSSR count). The number of piperidine rings is 1. The summed E-state index contributed by atoms with van der Waals surface area (Å²) < 4.78 is 29.7. The van der Waals surface area contributed by atoms with Crippen LogP contribution in [0.1, 0.15) is 42.1 Å². The van der Waals surface area contributed by atoms with Crippen molar-refractivity contribution >= 4 is 12.1 Å². The minimum absolute atomic E-state index is 0.113. The van der Waals surface area contributed by atoms with Gasteiger partial charge in [-0.25, -0.2) is 14.0 Å². The Balaban J connectivity index is 1.64. The van der Waals surface area contributed by atoms with Crippen molar-refractivity contribution in [2.24, 2.45) is 0 Å². The van der Waals surface area contributed by atoms with Crippen LogP contribution in [0.2, 0.25) is 0 Å². The number of carboxylic acid groups (broad SMARTS) is 1. The minimum Gasteiger partial charge on any atom is -0.465 e. The number of benzene rings is 1. The molecule has 1 fully saturated rings. The van der Waals surface area contributed by atoms with Gasteiger partial charge < -0.3 is 24.0 Å². The largest absolute Gasteiger partial charge is 0.465 e. The van der Waals surface area contributed by atoms with E-state index in [0.29, 0.717) is 31.5 Å². The van der Waals surface area contributed by atoms with Crippen LogP contribution in [0.4, 0.5) is 9.18 Å². The Labute approximate surface area is 160 Å². The number of likely N-dealkylation sites (tertiary alicyclic amines) is 1. The topological polar surface area (TPSA) is 115 Å². The Hall–Kier alpha value is -3.01. The van der Waals surface area contributed by atoms with Gasteiger partial charge in [0.2, 0.25) is 5.82 Å². The predicted molar refractivity (Wildman–Crippen MR) is 93.2 cm³/mol. The van der Waals surface area contributed by atoms with Crippen LogP contribution in [-0.4, -0.2) is 58.5 Å². The van der Waals surface area contributed by atoms with Gasteiger partial charge in [-0.1, -0.05) is 5.16 Å². The summed E-state index contributed by atoms with van der Waals surface area (Å²) in [6.07, 6.45) is -0.381. The molecule has 0 saturated carbocycles. The van der Waals surface area contributed by atoms with E-state index in [1.165, 1.54) is 24.1 Å². The van der Waals surface area contributed by atoms with Crippen LogP contribution in [0.25, 0.3) is 11.4 Å². The predicted octanol–water partition coefficient (Wildman–Crippen LogP) is 2.88. The Morgan fingerprint density at radius 2 is 2.07 bits per heavy atom. The van der Waals surface area contributed by atoms with Gasteiger partial charge in [0.25, 0.3) is 5.89 Å². The van der Waals surface area contributed by atoms with E-state index in [9.17, 15) is 14.0 Å². The number of amides is 1. The summed E-state index contributed by atoms with van der Waals surface area (Å²) in [5.41, 5.74) is 0.168. The van der Waals surface area contributed by atoms with Crippen LogP contribution >= 0.6 is 0 Å². The Kier molecular flexibility index (Phi) is 5.88. The average molecular weight is 393 g/mol. The molecule has 1 aliphatic rings. The first-order chi connectivity index (χ1) is 13.4. The number of esters is 1. The second-order valence-corrected chi connectivity index (χ2v) is 6.39. The molecule has 1 atom stereocenters. The first kappa shape index (κ1) is 19.7. The summed E-state index contributed by atoms with van der Waals surface area (Å²) in [5.74, 6) is -1.12. The van der Waals surface area contributed by atoms with Crippen molar-refractivity contribution in [1.82, 2.24) is 15.0 Å². The number of rotatable bonds is 5. The molecule has 0 radical (unpaired) electrons. The van der Waals surface area contributed by atoms with Crippen LogP contribution in [0.5, 0.6) is 0 Å². The zero-order chi connectivity index (χ0) is 20.3. The van der Waals surface area contributed by atoms with Crippen molar-refractivity contribution < 1.29 is 33.1 Å². The number of carbonyl (C=O) groups excluding carboxylic acids is 1. The molecule has 1 saturated heterocycles. The maximum Gasteiger partial charge on any atom is 0.407 e. The molecular formula is C18H20FN3O6. The van der Waals surface area contributed by atoms with Gasteiger partial charge in [-0.3, -0.25) is 0 Å². The molecule has 2 heterocycles. The smallest absolute Gasteiger partial charge is 0.407 e. The Morgan fingerprint density at radius 1 is 1.36 bits per heavy atom. The Bertz CT molecular complexity index is 863. The summed E-state index contributed by atoms with van der Waals surface area (Å²) in [7, 11) is 1.17. The van der Waals surface area contributed by atoms with E-state index >= 15 is 0 Å². The summed E-state index contributed by atoms with van der Waals surface area (Å²) >= 11 is 0. The van der Waals surface area contributed by atoms with Crippen molar-refractivity contribution in [2.75, 3.05) is 20.2 Å². The van der Waals surface area contributed by atoms with Crippen molar-refractivity contribution in [3.63, 3.8) is 0 Å². The first-order valence-electron chi connectivity index (χ1n) is 8.74. The molecule has 10 heteroatoms. The lowest BCUT2D eigenvalue weighted by atomic mass is 10.1. The van der Waals surface area contributed by atoms with Crippen molar-refractivity contribution in [3.05, 3.63) is 35.5 Å². The van der Waals surface area contributed by atoms with Gasteiger partial charge in [0.1, 0.15) is 11.9 Å². The van der Waals surface area contributed by atoms with Gasteiger partial charge in [-0.15, -0.1) is 0 Å². The second-order valence-electron chi connectivity index (χ2n) is 6.39. The van der Waals surface area contributed by atoms with Crippen LogP contribution in [-0.2, 0) is 9.47 Å². The molecule has 1 aromatic carbocycles. The van der Waals surface area contributed by atoms with Gasteiger partial charge in [0, 0.05) is 18.7 Å². The second kappa shape index (κ2) is 8.34. The fraction of sp³-hybridized carbons (Fsp3) is 0.444. The fourth-order valence-corrected chi connectivity index (χ4v) is 2.98. The van der Waals surface area contributed by atoms with Crippen molar-refractivity contribution in [1.29, 1.82) is 0 Å². The van der Waals surface area contributed by atoms with E-state index in [1.54, 1.807) is 6.92 Å². The molecule has 150 valence electrons. The lowest BCUT2D eigenvalue weighted by Gasteiger charge is -2.30. The molecule has 2 aromatic rings. The third-order valence-corrected chi connectivity index (χ3v) is 4.53. The van der Waals surface area contributed by atoms with Gasteiger partial charge >= 0.3 is 12.1 Å². The molecule has 1 unspecified atom stereocenters. The molecule has 0 aliphatic carbocycles. The molecule has 0 bridgehead atoms. The van der Waals surface area contributed by atoms with E-state index in [2.05, 4.69) is 14.9 Å². The van der Waals surface area contributed by atoms with E-state index in [4.69, 9.17) is 14.4 Å². The summed E-state index contributed by atoms with van der Waals surface area (Å²) in [5, 5.41) is 12.8. The number of aromatic nitrogens is 2. The molecule has 1 aromatic heterocycles. The SMILES string of the molecule is COC(=O)c1ccc(-c2noc(C(C)OC3CCN(C(=O)O)CC3)n2)cc1F. The summed E-state index contributed by atoms with van der Waals surface area (Å²) in [4.78, 5) is 28.0. The highest BCUT2D eigenvalue weighted by molar-refractivity contribution is 5.90. The minimum atomic E-state index is -0.932. The highest BCUT2D eigenvalue weighted by Gasteiger charge is 2.26. The number of ether oxygens (including phenoxy) is 2. The molecule has 9 nitrogen and oxygen atoms in total. The van der Waals surface area contributed by atoms with Crippen molar-refractivity contribution in [2.45, 2.75) is 32.0 Å². The third-order valence-electron chi connectivity index (χ3n) is 4.53. The lowest BCUT2D eigenvalue weighted by Crippen LogP contribution is -2.40. The van der Waals surface area contributed by atoms with Crippen molar-refractivity contribution in [3.8, 4) is 11.4 Å². The molecule has 1 N–H and O–H groups in total. The quantitative estimate of drug-likeness (QED) is 0.771. The first-order valence-corrected chi connectivity index (χ1v) is 8.74. The zero-order valence-corrected chi connectivity index (χ0v) is 15.4. The number of halogens is 1. The molecule has 28 heavy (non-hydrogen) atoms. The normalized spacial score (nSPS) is 16.0. The molecular weight excluding hydrogens is 373 g/mol. The number of nitrogens with zero attached hydrogens (tertiary/aromatic N) is 3. The van der Waals surface area contributed by atoms with Crippen LogP contribution in [0.3, 0.4) is 0 Å². The lowest BCUT2D eigenvalue weighted by molar-refractivity contribution is -0.0451. The van der Waals surface area contributed by atoms with E-state index in [0.717, 1.165) is 6.07 Å². The number of hydrogen-bond donors (Lipinski definition) is 1. The summed E-state index contributed by atoms with van der Waals surface area (Å²) in [6, 6.07) is 3.92. The maximum atomic E-state index is 14.1. The fourth-order valence-electron chi connectivity index (χ4n) is 2.98. The summed E-state index contributed by atoms with van der Waals surface area (Å²) in [6.45, 7) is 2.57. The van der Waals surface area contributed by atoms with Crippen LogP contribution < -0.4 is 0 Å². The van der Waals surface area contributed by atoms with E-state index < -0.39 is 24.0 Å². The van der Waals surface area contributed by atoms with E-state index in [1.807, 2.05) is 0 Å². The highest BCUT2D eigenvalue weighted by atomic mass is 19.1. The van der Waals surface area contributed by atoms with Gasteiger partial charge in [0.15, 0.2) is 0 Å². The highest BCUT2D eigenvalue weighted by Crippen LogP contribution is 2.25. The number of hydrogen-bond acceptors (Lipinski definition) is 7. The molecule has 1 amide bonds. The van der Waals surface area contributed by atoms with Crippen LogP contribution in [0.15, 0.2) is 22.7 Å². The zero-order valence-electron chi connectivity index (χ0n) is 15.4. The standard InChI is InChI=1S/C18H20FN3O6/c1-10(27-12-5-7-22(8-6-12)18(24)25)16-20-15(21-28-16)11-3-4-13(14(19)9-11)17(23)26-2/h3-4,9-10,12H,5-8H2,1-2H3,(H,24,25).